The number of carbonyl (C=O) groups excluding carboxylic acids is 4. The quantitative estimate of drug-likeness (QED) is 0.154. The lowest BCUT2D eigenvalue weighted by molar-refractivity contribution is -0.153. The first-order valence-corrected chi connectivity index (χ1v) is 11.5. The molecule has 3 heterocycles. The summed E-state index contributed by atoms with van der Waals surface area (Å²) in [6.07, 6.45) is 0. The highest BCUT2D eigenvalue weighted by Crippen LogP contribution is 2.49. The molecule has 0 saturated carbocycles. The van der Waals surface area contributed by atoms with E-state index in [0.29, 0.717) is 0 Å². The maximum absolute atomic E-state index is 12.8. The molecule has 3 saturated heterocycles. The van der Waals surface area contributed by atoms with Gasteiger partial charge in [0.2, 0.25) is 16.7 Å². The molecule has 0 radical (unpaired) electrons. The molecule has 7 N–H and O–H groups in total. The molecule has 16 heteroatoms. The van der Waals surface area contributed by atoms with Gasteiger partial charge < -0.3 is 31.3 Å². The summed E-state index contributed by atoms with van der Waals surface area (Å²) in [5, 5.41) is 31.5. The Bertz CT molecular complexity index is 1150. The highest BCUT2D eigenvalue weighted by atomic mass is 32.2. The number of nitrogens with zero attached hydrogens (tertiary/aromatic N) is 3. The molecule has 4 rings (SSSR count). The van der Waals surface area contributed by atoms with Gasteiger partial charge >= 0.3 is 18.0 Å². The summed E-state index contributed by atoms with van der Waals surface area (Å²) in [5.41, 5.74) is 7.59. The van der Waals surface area contributed by atoms with Gasteiger partial charge in [0.1, 0.15) is 17.2 Å². The summed E-state index contributed by atoms with van der Waals surface area (Å²) in [5.74, 6) is -6.94. The zero-order valence-corrected chi connectivity index (χ0v) is 19.3. The number of phenolic OH excluding ortho intramolecular Hbond substituents is 1. The van der Waals surface area contributed by atoms with Gasteiger partial charge in [0, 0.05) is 6.54 Å². The van der Waals surface area contributed by atoms with Crippen LogP contribution in [0.2, 0.25) is 0 Å². The summed E-state index contributed by atoms with van der Waals surface area (Å²) < 4.78 is 0. The number of rotatable bonds is 8. The molecular formula is C20H22N6O9S. The number of hydrazine groups is 1. The lowest BCUT2D eigenvalue weighted by Gasteiger charge is -2.41. The van der Waals surface area contributed by atoms with Crippen LogP contribution in [0.1, 0.15) is 11.5 Å². The van der Waals surface area contributed by atoms with Crippen LogP contribution >= 0.6 is 11.8 Å². The predicted octanol–water partition coefficient (Wildman–Crippen LogP) is -2.53. The number of carboxylic acid groups (broad SMARTS) is 2. The normalized spacial score (nSPS) is 25.8. The fourth-order valence-corrected chi connectivity index (χ4v) is 5.93. The number of aromatic hydroxyl groups is 1. The number of fused-ring (bicyclic) bond motifs is 1. The molecule has 0 aliphatic carbocycles. The van der Waals surface area contributed by atoms with E-state index < -0.39 is 57.9 Å². The second kappa shape index (κ2) is 9.19. The maximum Gasteiger partial charge on any atom is 0.342 e. The fourth-order valence-electron chi connectivity index (χ4n) is 4.29. The molecule has 15 nitrogen and oxygen atoms in total. The van der Waals surface area contributed by atoms with Crippen LogP contribution in [0.4, 0.5) is 4.79 Å². The minimum Gasteiger partial charge on any atom is -0.508 e. The van der Waals surface area contributed by atoms with Crippen LogP contribution in [0.3, 0.4) is 0 Å². The number of β-lactam (4-membered cyclic amide) rings is 1. The van der Waals surface area contributed by atoms with Crippen LogP contribution in [0.15, 0.2) is 24.3 Å². The van der Waals surface area contributed by atoms with Gasteiger partial charge in [-0.25, -0.2) is 14.6 Å². The Morgan fingerprint density at radius 2 is 1.81 bits per heavy atom. The summed E-state index contributed by atoms with van der Waals surface area (Å²) in [6, 6.07) is 2.95. The lowest BCUT2D eigenvalue weighted by Crippen LogP contribution is -2.68. The van der Waals surface area contributed by atoms with Crippen molar-refractivity contribution in [3.63, 3.8) is 0 Å². The third kappa shape index (κ3) is 4.03. The smallest absolute Gasteiger partial charge is 0.342 e. The average molecular weight is 522 g/mol. The Kier molecular flexibility index (Phi) is 6.40. The van der Waals surface area contributed by atoms with Crippen LogP contribution < -0.4 is 16.5 Å². The number of nitrogens with one attached hydrogen (secondary N) is 2. The van der Waals surface area contributed by atoms with E-state index in [4.69, 9.17) is 5.73 Å². The zero-order chi connectivity index (χ0) is 26.4. The van der Waals surface area contributed by atoms with Crippen molar-refractivity contribution >= 4 is 47.5 Å². The average Bonchev–Trinajstić information content (AvgIpc) is 3.38. The van der Waals surface area contributed by atoms with Gasteiger partial charge in [0.05, 0.1) is 19.6 Å². The molecule has 36 heavy (non-hydrogen) atoms. The number of thioether (sulfide) groups is 1. The Morgan fingerprint density at radius 1 is 1.14 bits per heavy atom. The van der Waals surface area contributed by atoms with Crippen molar-refractivity contribution in [2.75, 3.05) is 26.2 Å². The molecule has 5 amide bonds. The number of hydrogen-bond acceptors (Lipinski definition) is 9. The largest absolute Gasteiger partial charge is 0.508 e. The minimum absolute atomic E-state index is 0.00807. The molecule has 3 fully saturated rings. The Morgan fingerprint density at radius 3 is 2.39 bits per heavy atom. The Balaban J connectivity index is 1.51. The monoisotopic (exact) mass is 522 g/mol. The second-order valence-corrected chi connectivity index (χ2v) is 9.63. The van der Waals surface area contributed by atoms with Crippen LogP contribution in [0, 0.1) is 0 Å². The van der Waals surface area contributed by atoms with E-state index >= 15 is 0 Å². The summed E-state index contributed by atoms with van der Waals surface area (Å²) >= 11 is 0.767. The molecule has 1 unspecified atom stereocenters. The molecule has 3 aliphatic rings. The van der Waals surface area contributed by atoms with Gasteiger partial charge in [-0.05, 0) is 17.7 Å². The maximum atomic E-state index is 12.8. The predicted molar refractivity (Wildman–Crippen MR) is 120 cm³/mol. The number of benzene rings is 1. The first-order valence-electron chi connectivity index (χ1n) is 10.6. The van der Waals surface area contributed by atoms with Crippen molar-refractivity contribution in [1.82, 2.24) is 25.6 Å². The number of carbonyl (C=O) groups is 6. The van der Waals surface area contributed by atoms with E-state index in [1.165, 1.54) is 29.2 Å². The highest BCUT2D eigenvalue weighted by Gasteiger charge is 2.66. The van der Waals surface area contributed by atoms with Crippen LogP contribution in [-0.2, 0) is 24.0 Å². The topological polar surface area (TPSA) is 223 Å². The fraction of sp³-hybridized carbons (Fsp3) is 0.400. The highest BCUT2D eigenvalue weighted by molar-refractivity contribution is 8.02. The molecular weight excluding hydrogens is 500 g/mol. The number of nitrogens with two attached hydrogens (primary N) is 1. The van der Waals surface area contributed by atoms with Crippen molar-refractivity contribution in [3.8, 4) is 5.75 Å². The third-order valence-corrected chi connectivity index (χ3v) is 7.78. The second-order valence-electron chi connectivity index (χ2n) is 8.24. The van der Waals surface area contributed by atoms with Crippen molar-refractivity contribution in [3.05, 3.63) is 29.8 Å². The van der Waals surface area contributed by atoms with Gasteiger partial charge in [0.25, 0.3) is 5.91 Å². The third-order valence-electron chi connectivity index (χ3n) is 6.10. The van der Waals surface area contributed by atoms with Gasteiger partial charge in [-0.1, -0.05) is 23.9 Å². The van der Waals surface area contributed by atoms with Gasteiger partial charge in [-0.3, -0.25) is 29.5 Å². The summed E-state index contributed by atoms with van der Waals surface area (Å²) in [7, 11) is 0. The molecule has 3 aliphatic heterocycles. The lowest BCUT2D eigenvalue weighted by atomic mass is 9.96. The van der Waals surface area contributed by atoms with E-state index in [1.807, 2.05) is 0 Å². The first-order chi connectivity index (χ1) is 17.0. The molecule has 0 aromatic heterocycles. The van der Waals surface area contributed by atoms with Crippen LogP contribution in [0.25, 0.3) is 0 Å². The molecule has 0 spiro atoms. The number of urea groups is 1. The van der Waals surface area contributed by atoms with Crippen LogP contribution in [0.5, 0.6) is 5.75 Å². The van der Waals surface area contributed by atoms with E-state index in [1.54, 1.807) is 0 Å². The Hall–Kier alpha value is -4.05. The number of amides is 5. The number of phenols is 1. The van der Waals surface area contributed by atoms with Crippen molar-refractivity contribution in [1.29, 1.82) is 0 Å². The first kappa shape index (κ1) is 25.1. The summed E-state index contributed by atoms with van der Waals surface area (Å²) in [4.78, 5) is 74.4. The van der Waals surface area contributed by atoms with Gasteiger partial charge in [-0.15, -0.1) is 0 Å². The van der Waals surface area contributed by atoms with E-state index in [2.05, 4.69) is 10.7 Å². The minimum atomic E-state index is -1.89. The van der Waals surface area contributed by atoms with Crippen molar-refractivity contribution in [2.45, 2.75) is 22.2 Å². The van der Waals surface area contributed by atoms with E-state index in [0.717, 1.165) is 21.7 Å². The number of aliphatic carboxylic acids is 2. The van der Waals surface area contributed by atoms with E-state index in [-0.39, 0.29) is 37.5 Å². The molecule has 0 bridgehead atoms. The van der Waals surface area contributed by atoms with Gasteiger partial charge in [0.15, 0.2) is 5.92 Å². The molecule has 1 aromatic carbocycles. The molecule has 192 valence electrons. The van der Waals surface area contributed by atoms with Crippen molar-refractivity contribution in [2.24, 2.45) is 5.73 Å². The summed E-state index contributed by atoms with van der Waals surface area (Å²) in [6.45, 7) is -0.814. The number of carboxylic acids is 2. The van der Waals surface area contributed by atoms with Gasteiger partial charge in [-0.2, -0.15) is 0 Å². The SMILES string of the molecule is NCC(=O)NN1CCN([C@]2(C(=O)O)CN3C(=O)[C@@H](NC(=O)C(C(=O)O)c4ccc(O)cc4)[C@H]3S2)C1=O. The van der Waals surface area contributed by atoms with E-state index in [9.17, 15) is 44.1 Å². The molecule has 4 atom stereocenters. The van der Waals surface area contributed by atoms with Crippen LogP contribution in [-0.4, -0.2) is 108 Å². The Labute approximate surface area is 207 Å². The van der Waals surface area contributed by atoms with Crippen molar-refractivity contribution < 1.29 is 44.1 Å². The molecule has 1 aromatic rings. The standard InChI is InChI=1S/C20H22N6O9S/c21-7-11(28)23-26-6-5-25(19(26)35)20(18(33)34)8-24-15(30)13(16(24)36-20)22-14(29)12(17(31)32)9-1-3-10(27)4-2-9/h1-4,12-13,16,27H,5-8,21H2,(H,22,29)(H,23,28)(H,31,32)(H,33,34)/t12?,13-,16-,20-/m1/s1. The zero-order valence-electron chi connectivity index (χ0n) is 18.5. The number of hydrogen-bond donors (Lipinski definition) is 6.